The zero-order valence-corrected chi connectivity index (χ0v) is 14.6. The monoisotopic (exact) mass is 371 g/mol. The van der Waals surface area contributed by atoms with Gasteiger partial charge >= 0.3 is 5.97 Å². The van der Waals surface area contributed by atoms with Crippen molar-refractivity contribution in [2.75, 3.05) is 13.1 Å². The summed E-state index contributed by atoms with van der Waals surface area (Å²) >= 11 is 0. The predicted octanol–water partition coefficient (Wildman–Crippen LogP) is 1.92. The zero-order chi connectivity index (χ0) is 19.6. The number of aromatic carboxylic acids is 1. The van der Waals surface area contributed by atoms with Gasteiger partial charge in [0.05, 0.1) is 18.0 Å². The van der Waals surface area contributed by atoms with Crippen molar-refractivity contribution in [1.82, 2.24) is 9.47 Å². The SMILES string of the molecule is N#CCc1cc2c(cc1F)c(=O)c(C(=O)O)cn2CC(=O)N1CCCCC1. The molecule has 0 radical (unpaired) electrons. The minimum Gasteiger partial charge on any atom is -0.477 e. The first-order valence-electron chi connectivity index (χ1n) is 8.66. The van der Waals surface area contributed by atoms with Gasteiger partial charge in [0.15, 0.2) is 0 Å². The second-order valence-corrected chi connectivity index (χ2v) is 6.54. The Kier molecular flexibility index (Phi) is 5.21. The summed E-state index contributed by atoms with van der Waals surface area (Å²) in [6.07, 6.45) is 3.80. The summed E-state index contributed by atoms with van der Waals surface area (Å²) in [5.74, 6) is -2.39. The topological polar surface area (TPSA) is 103 Å². The van der Waals surface area contributed by atoms with Crippen LogP contribution in [-0.2, 0) is 17.8 Å². The normalized spacial score (nSPS) is 14.1. The first kappa shape index (κ1) is 18.6. The van der Waals surface area contributed by atoms with E-state index >= 15 is 0 Å². The van der Waals surface area contributed by atoms with Crippen LogP contribution in [0, 0.1) is 17.1 Å². The highest BCUT2D eigenvalue weighted by Gasteiger charge is 2.21. The van der Waals surface area contributed by atoms with Crippen LogP contribution in [-0.4, -0.2) is 39.5 Å². The molecular weight excluding hydrogens is 353 g/mol. The van der Waals surface area contributed by atoms with E-state index in [1.165, 1.54) is 10.6 Å². The van der Waals surface area contributed by atoms with E-state index in [2.05, 4.69) is 0 Å². The fourth-order valence-electron chi connectivity index (χ4n) is 3.35. The minimum atomic E-state index is -1.44. The number of piperidine rings is 1. The molecule has 8 heteroatoms. The molecule has 1 fully saturated rings. The highest BCUT2D eigenvalue weighted by atomic mass is 19.1. The maximum atomic E-state index is 14.2. The number of carbonyl (C=O) groups is 2. The summed E-state index contributed by atoms with van der Waals surface area (Å²) in [5, 5.41) is 18.0. The number of benzene rings is 1. The standard InChI is InChI=1S/C19H18FN3O4/c20-15-9-13-16(8-12(15)4-5-21)23(10-14(18(13)25)19(26)27)11-17(24)22-6-2-1-3-7-22/h8-10H,1-4,6-7,11H2,(H,26,27). The lowest BCUT2D eigenvalue weighted by atomic mass is 10.1. The number of nitriles is 1. The molecule has 1 saturated heterocycles. The first-order chi connectivity index (χ1) is 12.9. The van der Waals surface area contributed by atoms with Crippen LogP contribution in [0.2, 0.25) is 0 Å². The number of carboxylic acid groups (broad SMARTS) is 1. The van der Waals surface area contributed by atoms with Crippen molar-refractivity contribution in [2.45, 2.75) is 32.2 Å². The highest BCUT2D eigenvalue weighted by molar-refractivity contribution is 5.93. The molecule has 0 atom stereocenters. The summed E-state index contributed by atoms with van der Waals surface area (Å²) < 4.78 is 15.5. The van der Waals surface area contributed by atoms with Gasteiger partial charge in [-0.05, 0) is 31.4 Å². The molecule has 140 valence electrons. The van der Waals surface area contributed by atoms with Crippen molar-refractivity contribution >= 4 is 22.8 Å². The van der Waals surface area contributed by atoms with Gasteiger partial charge in [-0.15, -0.1) is 0 Å². The Hall–Kier alpha value is -3.21. The van der Waals surface area contributed by atoms with Crippen LogP contribution in [0.3, 0.4) is 0 Å². The van der Waals surface area contributed by atoms with Gasteiger partial charge in [0, 0.05) is 30.2 Å². The van der Waals surface area contributed by atoms with E-state index in [0.29, 0.717) is 13.1 Å². The van der Waals surface area contributed by atoms with Gasteiger partial charge in [0.2, 0.25) is 11.3 Å². The number of pyridine rings is 1. The number of hydrogen-bond donors (Lipinski definition) is 1. The van der Waals surface area contributed by atoms with Gasteiger partial charge in [0.1, 0.15) is 17.9 Å². The molecule has 1 N–H and O–H groups in total. The molecule has 0 unspecified atom stereocenters. The lowest BCUT2D eigenvalue weighted by Gasteiger charge is -2.27. The van der Waals surface area contributed by atoms with E-state index in [-0.39, 0.29) is 35.3 Å². The van der Waals surface area contributed by atoms with Gasteiger partial charge in [-0.2, -0.15) is 5.26 Å². The number of rotatable bonds is 4. The maximum absolute atomic E-state index is 14.2. The predicted molar refractivity (Wildman–Crippen MR) is 94.9 cm³/mol. The van der Waals surface area contributed by atoms with Crippen molar-refractivity contribution in [2.24, 2.45) is 0 Å². The number of halogens is 1. The summed E-state index contributed by atoms with van der Waals surface area (Å²) in [4.78, 5) is 38.1. The molecule has 0 spiro atoms. The third kappa shape index (κ3) is 3.67. The van der Waals surface area contributed by atoms with Crippen molar-refractivity contribution < 1.29 is 19.1 Å². The molecular formula is C19H18FN3O4. The van der Waals surface area contributed by atoms with E-state index in [9.17, 15) is 23.9 Å². The van der Waals surface area contributed by atoms with Crippen LogP contribution in [0.25, 0.3) is 10.9 Å². The molecule has 3 rings (SSSR count). The molecule has 2 heterocycles. The number of hydrogen-bond acceptors (Lipinski definition) is 4. The third-order valence-electron chi connectivity index (χ3n) is 4.76. The first-order valence-corrected chi connectivity index (χ1v) is 8.66. The molecule has 1 aliphatic rings. The number of aromatic nitrogens is 1. The Labute approximate surface area is 154 Å². The molecule has 0 aliphatic carbocycles. The van der Waals surface area contributed by atoms with Crippen LogP contribution in [0.15, 0.2) is 23.1 Å². The lowest BCUT2D eigenvalue weighted by Crippen LogP contribution is -2.38. The average molecular weight is 371 g/mol. The minimum absolute atomic E-state index is 0.0895. The lowest BCUT2D eigenvalue weighted by molar-refractivity contribution is -0.132. The Balaban J connectivity index is 2.13. The van der Waals surface area contributed by atoms with Gasteiger partial charge in [-0.3, -0.25) is 9.59 Å². The molecule has 7 nitrogen and oxygen atoms in total. The van der Waals surface area contributed by atoms with Crippen molar-refractivity contribution in [1.29, 1.82) is 5.26 Å². The molecule has 2 aromatic rings. The smallest absolute Gasteiger partial charge is 0.341 e. The van der Waals surface area contributed by atoms with Gasteiger partial charge < -0.3 is 14.6 Å². The molecule has 1 aliphatic heterocycles. The third-order valence-corrected chi connectivity index (χ3v) is 4.76. The number of fused-ring (bicyclic) bond motifs is 1. The van der Waals surface area contributed by atoms with Gasteiger partial charge in [-0.1, -0.05) is 0 Å². The van der Waals surface area contributed by atoms with Crippen molar-refractivity contribution in [3.05, 3.63) is 45.5 Å². The second-order valence-electron chi connectivity index (χ2n) is 6.54. The second kappa shape index (κ2) is 7.58. The van der Waals surface area contributed by atoms with Gasteiger partial charge in [-0.25, -0.2) is 9.18 Å². The van der Waals surface area contributed by atoms with E-state index in [1.807, 2.05) is 6.07 Å². The van der Waals surface area contributed by atoms with E-state index < -0.39 is 22.8 Å². The number of nitrogens with zero attached hydrogens (tertiary/aromatic N) is 3. The molecule has 0 bridgehead atoms. The fourth-order valence-corrected chi connectivity index (χ4v) is 3.35. The molecule has 27 heavy (non-hydrogen) atoms. The molecule has 1 aromatic carbocycles. The molecule has 0 saturated carbocycles. The fraction of sp³-hybridized carbons (Fsp3) is 0.368. The largest absolute Gasteiger partial charge is 0.477 e. The van der Waals surface area contributed by atoms with Crippen molar-refractivity contribution in [3.8, 4) is 6.07 Å². The summed E-state index contributed by atoms with van der Waals surface area (Å²) in [6, 6.07) is 4.13. The highest BCUT2D eigenvalue weighted by Crippen LogP contribution is 2.19. The molecule has 1 amide bonds. The van der Waals surface area contributed by atoms with E-state index in [1.54, 1.807) is 4.90 Å². The number of carboxylic acids is 1. The Morgan fingerprint density at radius 3 is 2.56 bits per heavy atom. The average Bonchev–Trinajstić information content (AvgIpc) is 2.65. The summed E-state index contributed by atoms with van der Waals surface area (Å²) in [5.41, 5.74) is -1.02. The molecule has 1 aromatic heterocycles. The van der Waals surface area contributed by atoms with E-state index in [0.717, 1.165) is 31.5 Å². The quantitative estimate of drug-likeness (QED) is 0.884. The Morgan fingerprint density at radius 2 is 1.93 bits per heavy atom. The number of carbonyl (C=O) groups excluding carboxylic acids is 1. The van der Waals surface area contributed by atoms with E-state index in [4.69, 9.17) is 5.26 Å². The number of likely N-dealkylation sites (tertiary alicyclic amines) is 1. The van der Waals surface area contributed by atoms with Crippen molar-refractivity contribution in [3.63, 3.8) is 0 Å². The Bertz CT molecular complexity index is 1020. The zero-order valence-electron chi connectivity index (χ0n) is 14.6. The van der Waals surface area contributed by atoms with Crippen LogP contribution in [0.5, 0.6) is 0 Å². The maximum Gasteiger partial charge on any atom is 0.341 e. The summed E-state index contributed by atoms with van der Waals surface area (Å²) in [6.45, 7) is 1.11. The van der Waals surface area contributed by atoms with Crippen LogP contribution >= 0.6 is 0 Å². The van der Waals surface area contributed by atoms with Crippen LogP contribution < -0.4 is 5.43 Å². The van der Waals surface area contributed by atoms with Crippen LogP contribution in [0.1, 0.15) is 35.2 Å². The number of amides is 1. The summed E-state index contributed by atoms with van der Waals surface area (Å²) in [7, 11) is 0. The Morgan fingerprint density at radius 1 is 1.22 bits per heavy atom. The van der Waals surface area contributed by atoms with Crippen LogP contribution in [0.4, 0.5) is 4.39 Å². The van der Waals surface area contributed by atoms with Gasteiger partial charge in [0.25, 0.3) is 0 Å².